The summed E-state index contributed by atoms with van der Waals surface area (Å²) in [6, 6.07) is 4.31. The van der Waals surface area contributed by atoms with Gasteiger partial charge in [-0.3, -0.25) is 9.59 Å². The molecule has 0 atom stereocenters. The van der Waals surface area contributed by atoms with Gasteiger partial charge in [-0.1, -0.05) is 25.0 Å². The molecule has 0 heterocycles. The Labute approximate surface area is 122 Å². The number of halogens is 1. The number of unbranched alkanes of at least 4 members (excludes halogenated alkanes) is 1. The third-order valence-electron chi connectivity index (χ3n) is 2.70. The van der Waals surface area contributed by atoms with Crippen molar-refractivity contribution in [1.29, 1.82) is 0 Å². The number of hydrogen-bond donors (Lipinski definition) is 1. The normalized spacial score (nSPS) is 10.1. The van der Waals surface area contributed by atoms with Crippen LogP contribution in [0.25, 0.3) is 0 Å². The van der Waals surface area contributed by atoms with Gasteiger partial charge in [0.05, 0.1) is 7.11 Å². The number of nitrogens with one attached hydrogen (secondary N) is 1. The highest BCUT2D eigenvalue weighted by atomic mass is 19.1. The summed E-state index contributed by atoms with van der Waals surface area (Å²) in [6.07, 6.45) is 1.74. The molecule has 0 saturated carbocycles. The van der Waals surface area contributed by atoms with Crippen molar-refractivity contribution in [3.05, 3.63) is 24.0 Å². The maximum absolute atomic E-state index is 14.1. The maximum atomic E-state index is 14.1. The number of hydrogen-bond acceptors (Lipinski definition) is 5. The molecule has 116 valence electrons. The fourth-order valence-electron chi connectivity index (χ4n) is 1.58. The largest absolute Gasteiger partial charge is 0.494 e. The Kier molecular flexibility index (Phi) is 6.61. The van der Waals surface area contributed by atoms with E-state index in [9.17, 15) is 14.0 Å². The van der Waals surface area contributed by atoms with Crippen LogP contribution in [0.4, 0.5) is 10.1 Å². The molecule has 0 bridgehead atoms. The van der Waals surface area contributed by atoms with Crippen molar-refractivity contribution in [3.8, 4) is 5.75 Å². The van der Waals surface area contributed by atoms with Gasteiger partial charge in [-0.15, -0.1) is 0 Å². The molecule has 1 aromatic rings. The number of rotatable bonds is 7. The second-order valence-electron chi connectivity index (χ2n) is 4.32. The zero-order valence-electron chi connectivity index (χ0n) is 12.3. The molecule has 0 fully saturated rings. The quantitative estimate of drug-likeness (QED) is 0.783. The summed E-state index contributed by atoms with van der Waals surface area (Å²) in [5, 5.41) is 0.807. The van der Waals surface area contributed by atoms with Crippen molar-refractivity contribution in [1.82, 2.24) is 5.59 Å². The Morgan fingerprint density at radius 1 is 1.38 bits per heavy atom. The van der Waals surface area contributed by atoms with Crippen molar-refractivity contribution >= 4 is 17.6 Å². The number of benzene rings is 1. The molecule has 7 heteroatoms. The van der Waals surface area contributed by atoms with E-state index in [1.54, 1.807) is 0 Å². The monoisotopic (exact) mass is 298 g/mol. The number of anilines is 1. The Morgan fingerprint density at radius 3 is 2.67 bits per heavy atom. The lowest BCUT2D eigenvalue weighted by Crippen LogP contribution is -2.43. The molecular formula is C14H19FN2O4. The van der Waals surface area contributed by atoms with Crippen LogP contribution in [-0.2, 0) is 14.4 Å². The van der Waals surface area contributed by atoms with Gasteiger partial charge in [-0.25, -0.2) is 9.40 Å². The molecule has 0 saturated heterocycles. The average Bonchev–Trinajstić information content (AvgIpc) is 2.46. The first-order valence-electron chi connectivity index (χ1n) is 6.59. The van der Waals surface area contributed by atoms with Crippen LogP contribution in [0.3, 0.4) is 0 Å². The minimum Gasteiger partial charge on any atom is -0.494 e. The topological polar surface area (TPSA) is 67.9 Å². The first-order chi connectivity index (χ1) is 10.0. The zero-order valence-corrected chi connectivity index (χ0v) is 12.3. The van der Waals surface area contributed by atoms with Gasteiger partial charge in [0.15, 0.2) is 11.6 Å². The van der Waals surface area contributed by atoms with E-state index in [0.717, 1.165) is 11.4 Å². The Bertz CT molecular complexity index is 508. The minimum atomic E-state index is -0.729. The summed E-state index contributed by atoms with van der Waals surface area (Å²) in [7, 11) is 1.32. The highest BCUT2D eigenvalue weighted by molar-refractivity contribution is 5.90. The SMILES string of the molecule is CCCCC(=O)ONN(C(C)=O)c1cccc(OC)c1F. The molecule has 1 N–H and O–H groups in total. The number of amides is 1. The molecule has 0 aliphatic heterocycles. The highest BCUT2D eigenvalue weighted by Crippen LogP contribution is 2.26. The third kappa shape index (κ3) is 4.71. The fraction of sp³-hybridized carbons (Fsp3) is 0.429. The van der Waals surface area contributed by atoms with Gasteiger partial charge in [0, 0.05) is 13.3 Å². The van der Waals surface area contributed by atoms with Gasteiger partial charge in [0.2, 0.25) is 5.91 Å². The molecule has 0 aromatic heterocycles. The molecule has 0 unspecified atom stereocenters. The second kappa shape index (κ2) is 8.21. The number of hydrazine groups is 1. The van der Waals surface area contributed by atoms with Crippen LogP contribution < -0.4 is 15.3 Å². The van der Waals surface area contributed by atoms with Gasteiger partial charge in [0.1, 0.15) is 5.69 Å². The number of ether oxygens (including phenoxy) is 1. The van der Waals surface area contributed by atoms with Crippen molar-refractivity contribution < 1.29 is 23.6 Å². The zero-order chi connectivity index (χ0) is 15.8. The van der Waals surface area contributed by atoms with Crippen LogP contribution in [-0.4, -0.2) is 19.0 Å². The predicted octanol–water partition coefficient (Wildman–Crippen LogP) is 2.34. The Balaban J connectivity index is 2.83. The van der Waals surface area contributed by atoms with Crippen molar-refractivity contribution in [2.45, 2.75) is 33.1 Å². The van der Waals surface area contributed by atoms with Crippen LogP contribution in [0.1, 0.15) is 33.1 Å². The van der Waals surface area contributed by atoms with E-state index in [-0.39, 0.29) is 17.9 Å². The molecule has 0 radical (unpaired) electrons. The minimum absolute atomic E-state index is 0.0159. The molecule has 1 rings (SSSR count). The molecule has 0 aliphatic carbocycles. The van der Waals surface area contributed by atoms with Crippen LogP contribution >= 0.6 is 0 Å². The van der Waals surface area contributed by atoms with Crippen LogP contribution in [0.15, 0.2) is 18.2 Å². The van der Waals surface area contributed by atoms with Gasteiger partial charge >= 0.3 is 5.97 Å². The number of methoxy groups -OCH3 is 1. The molecule has 21 heavy (non-hydrogen) atoms. The van der Waals surface area contributed by atoms with E-state index >= 15 is 0 Å². The molecule has 1 aromatic carbocycles. The Morgan fingerprint density at radius 2 is 2.10 bits per heavy atom. The fourth-order valence-corrected chi connectivity index (χ4v) is 1.58. The first-order valence-corrected chi connectivity index (χ1v) is 6.59. The van der Waals surface area contributed by atoms with Gasteiger partial charge in [-0.05, 0) is 18.6 Å². The van der Waals surface area contributed by atoms with Gasteiger partial charge in [0.25, 0.3) is 0 Å². The molecule has 0 aliphatic rings. The molecule has 6 nitrogen and oxygen atoms in total. The van der Waals surface area contributed by atoms with E-state index < -0.39 is 17.7 Å². The van der Waals surface area contributed by atoms with E-state index in [0.29, 0.717) is 6.42 Å². The van der Waals surface area contributed by atoms with Crippen molar-refractivity contribution in [2.24, 2.45) is 0 Å². The van der Waals surface area contributed by atoms with Crippen LogP contribution in [0.5, 0.6) is 5.75 Å². The summed E-state index contributed by atoms with van der Waals surface area (Å²) < 4.78 is 19.0. The van der Waals surface area contributed by atoms with Crippen molar-refractivity contribution in [2.75, 3.05) is 12.1 Å². The molecule has 1 amide bonds. The molecule has 0 spiro atoms. The smallest absolute Gasteiger partial charge is 0.327 e. The summed E-state index contributed by atoms with van der Waals surface area (Å²) in [6.45, 7) is 3.15. The summed E-state index contributed by atoms with van der Waals surface area (Å²) in [5.41, 5.74) is 2.08. The number of carbonyl (C=O) groups excluding carboxylic acids is 2. The number of carbonyl (C=O) groups is 2. The lowest BCUT2D eigenvalue weighted by molar-refractivity contribution is -0.152. The van der Waals surface area contributed by atoms with E-state index in [2.05, 4.69) is 5.59 Å². The van der Waals surface area contributed by atoms with Crippen LogP contribution in [0, 0.1) is 5.82 Å². The Hall–Kier alpha value is -2.15. The van der Waals surface area contributed by atoms with Gasteiger partial charge < -0.3 is 9.57 Å². The van der Waals surface area contributed by atoms with E-state index in [4.69, 9.17) is 9.57 Å². The van der Waals surface area contributed by atoms with Crippen LogP contribution in [0.2, 0.25) is 0 Å². The van der Waals surface area contributed by atoms with E-state index in [1.807, 2.05) is 6.92 Å². The predicted molar refractivity (Wildman–Crippen MR) is 74.9 cm³/mol. The summed E-state index contributed by atoms with van der Waals surface area (Å²) in [5.74, 6) is -1.80. The summed E-state index contributed by atoms with van der Waals surface area (Å²) in [4.78, 5) is 27.8. The van der Waals surface area contributed by atoms with Gasteiger partial charge in [-0.2, -0.15) is 0 Å². The van der Waals surface area contributed by atoms with E-state index in [1.165, 1.54) is 32.2 Å². The standard InChI is InChI=1S/C14H19FN2O4/c1-4-5-9-13(19)21-16-17(10(2)18)11-7-6-8-12(20-3)14(11)15/h6-8,16H,4-5,9H2,1-3H3. The molecular weight excluding hydrogens is 279 g/mol. The maximum Gasteiger partial charge on any atom is 0.327 e. The number of nitrogens with zero attached hydrogens (tertiary/aromatic N) is 1. The summed E-state index contributed by atoms with van der Waals surface area (Å²) >= 11 is 0. The van der Waals surface area contributed by atoms with Crippen molar-refractivity contribution in [3.63, 3.8) is 0 Å². The highest BCUT2D eigenvalue weighted by Gasteiger charge is 2.20. The average molecular weight is 298 g/mol. The second-order valence-corrected chi connectivity index (χ2v) is 4.32. The lowest BCUT2D eigenvalue weighted by atomic mass is 10.2. The third-order valence-corrected chi connectivity index (χ3v) is 2.70. The first kappa shape index (κ1) is 16.9. The lowest BCUT2D eigenvalue weighted by Gasteiger charge is -2.21.